The van der Waals surface area contributed by atoms with Crippen LogP contribution in [-0.2, 0) is 17.6 Å². The van der Waals surface area contributed by atoms with Gasteiger partial charge in [-0.3, -0.25) is 4.79 Å². The number of hydrogen-bond donors (Lipinski definition) is 2. The highest BCUT2D eigenvalue weighted by atomic mass is 16.1. The Hall–Kier alpha value is -3.14. The van der Waals surface area contributed by atoms with Crippen molar-refractivity contribution in [3.63, 3.8) is 0 Å². The lowest BCUT2D eigenvalue weighted by Crippen LogP contribution is -2.13. The number of pyridine rings is 1. The molecule has 1 amide bonds. The Balaban J connectivity index is 1.51. The largest absolute Gasteiger partial charge is 0.354 e. The zero-order valence-corrected chi connectivity index (χ0v) is 14.9. The molecule has 0 atom stereocenters. The van der Waals surface area contributed by atoms with E-state index in [1.807, 2.05) is 42.5 Å². The second-order valence-corrected chi connectivity index (χ2v) is 6.14. The average molecular weight is 345 g/mol. The van der Waals surface area contributed by atoms with Crippen LogP contribution in [0.15, 0.2) is 72.9 Å². The summed E-state index contributed by atoms with van der Waals surface area (Å²) in [4.78, 5) is 16.4. The van der Waals surface area contributed by atoms with Crippen LogP contribution in [0.4, 0.5) is 17.2 Å². The number of anilines is 3. The molecule has 2 N–H and O–H groups in total. The van der Waals surface area contributed by atoms with Crippen molar-refractivity contribution in [3.8, 4) is 0 Å². The topological polar surface area (TPSA) is 54.0 Å². The molecule has 1 aromatic heterocycles. The van der Waals surface area contributed by atoms with Crippen molar-refractivity contribution in [2.24, 2.45) is 0 Å². The number of aryl methyl sites for hydroxylation is 2. The molecule has 4 nitrogen and oxygen atoms in total. The molecule has 0 bridgehead atoms. The van der Waals surface area contributed by atoms with E-state index in [0.29, 0.717) is 12.2 Å². The predicted octanol–water partition coefficient (Wildman–Crippen LogP) is 4.96. The Morgan fingerprint density at radius 2 is 1.62 bits per heavy atom. The summed E-state index contributed by atoms with van der Waals surface area (Å²) in [7, 11) is 0. The van der Waals surface area contributed by atoms with Gasteiger partial charge in [0.25, 0.3) is 0 Å². The van der Waals surface area contributed by atoms with Crippen molar-refractivity contribution in [2.75, 3.05) is 10.6 Å². The third-order valence-electron chi connectivity index (χ3n) is 4.17. The van der Waals surface area contributed by atoms with Crippen molar-refractivity contribution in [1.29, 1.82) is 0 Å². The number of benzene rings is 2. The molecule has 3 rings (SSSR count). The standard InChI is InChI=1S/C22H23N3O/c1-2-17-8-11-19(12-9-17)24-20-13-14-21(23-16-20)25-22(26)15-10-18-6-4-3-5-7-18/h3-9,11-14,16,24H,2,10,15H2,1H3,(H,23,25,26). The van der Waals surface area contributed by atoms with Gasteiger partial charge in [-0.15, -0.1) is 0 Å². The summed E-state index contributed by atoms with van der Waals surface area (Å²) in [5.74, 6) is 0.534. The molecule has 26 heavy (non-hydrogen) atoms. The predicted molar refractivity (Wildman–Crippen MR) is 107 cm³/mol. The zero-order chi connectivity index (χ0) is 18.2. The molecule has 0 saturated heterocycles. The zero-order valence-electron chi connectivity index (χ0n) is 14.9. The SMILES string of the molecule is CCc1ccc(Nc2ccc(NC(=O)CCc3ccccc3)nc2)cc1. The molecular weight excluding hydrogens is 322 g/mol. The summed E-state index contributed by atoms with van der Waals surface area (Å²) in [6.07, 6.45) is 3.91. The van der Waals surface area contributed by atoms with E-state index in [4.69, 9.17) is 0 Å². The average Bonchev–Trinajstić information content (AvgIpc) is 2.69. The molecule has 1 heterocycles. The Bertz CT molecular complexity index is 828. The van der Waals surface area contributed by atoms with Crippen LogP contribution in [-0.4, -0.2) is 10.9 Å². The summed E-state index contributed by atoms with van der Waals surface area (Å²) in [6.45, 7) is 2.14. The van der Waals surface area contributed by atoms with Gasteiger partial charge in [-0.2, -0.15) is 0 Å². The number of carbonyl (C=O) groups excluding carboxylic acids is 1. The molecule has 0 aliphatic carbocycles. The van der Waals surface area contributed by atoms with Crippen LogP contribution in [0.25, 0.3) is 0 Å². The molecule has 0 saturated carbocycles. The lowest BCUT2D eigenvalue weighted by atomic mass is 10.1. The van der Waals surface area contributed by atoms with Gasteiger partial charge in [0.15, 0.2) is 0 Å². The maximum absolute atomic E-state index is 12.1. The smallest absolute Gasteiger partial charge is 0.225 e. The number of rotatable bonds is 7. The number of nitrogens with zero attached hydrogens (tertiary/aromatic N) is 1. The van der Waals surface area contributed by atoms with E-state index in [2.05, 4.69) is 46.8 Å². The lowest BCUT2D eigenvalue weighted by molar-refractivity contribution is -0.116. The molecule has 3 aromatic rings. The summed E-state index contributed by atoms with van der Waals surface area (Å²) in [5, 5.41) is 6.15. The highest BCUT2D eigenvalue weighted by molar-refractivity contribution is 5.90. The highest BCUT2D eigenvalue weighted by Crippen LogP contribution is 2.18. The maximum Gasteiger partial charge on any atom is 0.225 e. The number of carbonyl (C=O) groups is 1. The van der Waals surface area contributed by atoms with Crippen LogP contribution in [0, 0.1) is 0 Å². The van der Waals surface area contributed by atoms with Gasteiger partial charge in [0.1, 0.15) is 5.82 Å². The first-order chi connectivity index (χ1) is 12.7. The third-order valence-corrected chi connectivity index (χ3v) is 4.17. The minimum atomic E-state index is -0.0304. The van der Waals surface area contributed by atoms with Crippen molar-refractivity contribution >= 4 is 23.1 Å². The molecule has 0 spiro atoms. The minimum Gasteiger partial charge on any atom is -0.354 e. The van der Waals surface area contributed by atoms with Gasteiger partial charge in [-0.1, -0.05) is 49.4 Å². The van der Waals surface area contributed by atoms with E-state index in [1.165, 1.54) is 5.56 Å². The van der Waals surface area contributed by atoms with Gasteiger partial charge in [-0.05, 0) is 48.2 Å². The van der Waals surface area contributed by atoms with Gasteiger partial charge in [0.05, 0.1) is 11.9 Å². The van der Waals surface area contributed by atoms with E-state index in [1.54, 1.807) is 6.20 Å². The molecule has 2 aromatic carbocycles. The van der Waals surface area contributed by atoms with Gasteiger partial charge in [0, 0.05) is 12.1 Å². The van der Waals surface area contributed by atoms with Crippen LogP contribution in [0.2, 0.25) is 0 Å². The van der Waals surface area contributed by atoms with Gasteiger partial charge in [0.2, 0.25) is 5.91 Å². The van der Waals surface area contributed by atoms with Crippen LogP contribution < -0.4 is 10.6 Å². The molecule has 0 unspecified atom stereocenters. The van der Waals surface area contributed by atoms with Gasteiger partial charge < -0.3 is 10.6 Å². The molecule has 4 heteroatoms. The molecule has 0 aliphatic heterocycles. The maximum atomic E-state index is 12.1. The van der Waals surface area contributed by atoms with E-state index >= 15 is 0 Å². The molecule has 0 radical (unpaired) electrons. The second-order valence-electron chi connectivity index (χ2n) is 6.14. The summed E-state index contributed by atoms with van der Waals surface area (Å²) >= 11 is 0. The Kier molecular flexibility index (Phi) is 5.99. The summed E-state index contributed by atoms with van der Waals surface area (Å²) in [5.41, 5.74) is 4.37. The van der Waals surface area contributed by atoms with Gasteiger partial charge >= 0.3 is 0 Å². The van der Waals surface area contributed by atoms with E-state index in [9.17, 15) is 4.79 Å². The van der Waals surface area contributed by atoms with E-state index < -0.39 is 0 Å². The van der Waals surface area contributed by atoms with E-state index in [-0.39, 0.29) is 5.91 Å². The first-order valence-corrected chi connectivity index (χ1v) is 8.89. The molecule has 0 aliphatic rings. The van der Waals surface area contributed by atoms with Crippen molar-refractivity contribution in [1.82, 2.24) is 4.98 Å². The second kappa shape index (κ2) is 8.81. The van der Waals surface area contributed by atoms with Crippen LogP contribution >= 0.6 is 0 Å². The fourth-order valence-corrected chi connectivity index (χ4v) is 2.64. The summed E-state index contributed by atoms with van der Waals surface area (Å²) < 4.78 is 0. The normalized spacial score (nSPS) is 10.3. The Morgan fingerprint density at radius 1 is 0.885 bits per heavy atom. The van der Waals surface area contributed by atoms with Crippen LogP contribution in [0.1, 0.15) is 24.5 Å². The first-order valence-electron chi connectivity index (χ1n) is 8.89. The number of nitrogens with one attached hydrogen (secondary N) is 2. The quantitative estimate of drug-likeness (QED) is 0.636. The van der Waals surface area contributed by atoms with Gasteiger partial charge in [-0.25, -0.2) is 4.98 Å². The monoisotopic (exact) mass is 345 g/mol. The van der Waals surface area contributed by atoms with Crippen molar-refractivity contribution < 1.29 is 4.79 Å². The van der Waals surface area contributed by atoms with Crippen LogP contribution in [0.5, 0.6) is 0 Å². The molecule has 132 valence electrons. The Labute approximate surface area is 154 Å². The van der Waals surface area contributed by atoms with Crippen molar-refractivity contribution in [2.45, 2.75) is 26.2 Å². The van der Waals surface area contributed by atoms with Crippen LogP contribution in [0.3, 0.4) is 0 Å². The molecule has 0 fully saturated rings. The first kappa shape index (κ1) is 17.7. The van der Waals surface area contributed by atoms with Crippen molar-refractivity contribution in [3.05, 3.63) is 84.1 Å². The number of aromatic nitrogens is 1. The highest BCUT2D eigenvalue weighted by Gasteiger charge is 2.04. The third kappa shape index (κ3) is 5.18. The number of hydrogen-bond acceptors (Lipinski definition) is 3. The fraction of sp³-hybridized carbons (Fsp3) is 0.182. The van der Waals surface area contributed by atoms with E-state index in [0.717, 1.165) is 29.8 Å². The summed E-state index contributed by atoms with van der Waals surface area (Å²) in [6, 6.07) is 22.0. The minimum absolute atomic E-state index is 0.0304. The number of amides is 1. The Morgan fingerprint density at radius 3 is 2.27 bits per heavy atom. The molecular formula is C22H23N3O. The lowest BCUT2D eigenvalue weighted by Gasteiger charge is -2.08. The fourth-order valence-electron chi connectivity index (χ4n) is 2.64.